The fourth-order valence-electron chi connectivity index (χ4n) is 2.05. The fourth-order valence-corrected chi connectivity index (χ4v) is 2.92. The van der Waals surface area contributed by atoms with Gasteiger partial charge in [-0.1, -0.05) is 30.0 Å². The molecule has 0 bridgehead atoms. The van der Waals surface area contributed by atoms with Crippen LogP contribution in [0.3, 0.4) is 0 Å². The van der Waals surface area contributed by atoms with Gasteiger partial charge in [-0.2, -0.15) is 4.99 Å². The number of amides is 1. The number of hydrogen-bond donors (Lipinski definition) is 0. The third-order valence-corrected chi connectivity index (χ3v) is 4.33. The Labute approximate surface area is 121 Å². The first kappa shape index (κ1) is 13.1. The molecule has 1 aliphatic heterocycles. The molecule has 1 aromatic rings. The minimum absolute atomic E-state index is 0.0205. The summed E-state index contributed by atoms with van der Waals surface area (Å²) in [4.78, 5) is 24.9. The Bertz CT molecular complexity index is 668. The van der Waals surface area contributed by atoms with E-state index in [1.54, 1.807) is 18.0 Å². The second-order valence-electron chi connectivity index (χ2n) is 4.65. The number of hydrogen-bond acceptors (Lipinski definition) is 4. The largest absolute Gasteiger partial charge is 0.329 e. The van der Waals surface area contributed by atoms with Crippen molar-refractivity contribution in [1.82, 2.24) is 9.55 Å². The van der Waals surface area contributed by atoms with E-state index in [2.05, 4.69) is 15.0 Å². The summed E-state index contributed by atoms with van der Waals surface area (Å²) in [6.45, 7) is 1.98. The predicted octanol–water partition coefficient (Wildman–Crippen LogP) is 2.02. The topological polar surface area (TPSA) is 59.6 Å². The van der Waals surface area contributed by atoms with Gasteiger partial charge in [-0.15, -0.1) is 0 Å². The first-order chi connectivity index (χ1) is 9.65. The molecule has 5 nitrogen and oxygen atoms in total. The van der Waals surface area contributed by atoms with Crippen molar-refractivity contribution < 1.29 is 4.79 Å². The molecule has 0 saturated heterocycles. The Kier molecular flexibility index (Phi) is 3.40. The number of aromatic nitrogens is 2. The summed E-state index contributed by atoms with van der Waals surface area (Å²) >= 11 is 1.54. The van der Waals surface area contributed by atoms with E-state index >= 15 is 0 Å². The van der Waals surface area contributed by atoms with Gasteiger partial charge in [0, 0.05) is 19.4 Å². The molecule has 1 aliphatic carbocycles. The van der Waals surface area contributed by atoms with E-state index < -0.39 is 0 Å². The second-order valence-corrected chi connectivity index (χ2v) is 5.96. The molecule has 2 heterocycles. The second kappa shape index (κ2) is 5.20. The van der Waals surface area contributed by atoms with Crippen LogP contribution in [0.2, 0.25) is 0 Å². The minimum Gasteiger partial charge on any atom is -0.329 e. The number of carbonyl (C=O) groups excluding carboxylic acids is 1. The normalized spacial score (nSPS) is 22.3. The molecular formula is C14H14N4OS. The van der Waals surface area contributed by atoms with Gasteiger partial charge in [0.25, 0.3) is 5.91 Å². The monoisotopic (exact) mass is 286 g/mol. The zero-order chi connectivity index (χ0) is 14.1. The van der Waals surface area contributed by atoms with Gasteiger partial charge >= 0.3 is 0 Å². The summed E-state index contributed by atoms with van der Waals surface area (Å²) in [5, 5.41) is 0.863. The lowest BCUT2D eigenvalue weighted by molar-refractivity contribution is -0.118. The van der Waals surface area contributed by atoms with Gasteiger partial charge in [-0.3, -0.25) is 4.79 Å². The van der Waals surface area contributed by atoms with Crippen LogP contribution < -0.4 is 0 Å². The van der Waals surface area contributed by atoms with Crippen LogP contribution in [0.1, 0.15) is 6.92 Å². The van der Waals surface area contributed by atoms with E-state index in [9.17, 15) is 4.79 Å². The Morgan fingerprint density at radius 1 is 1.35 bits per heavy atom. The van der Waals surface area contributed by atoms with Crippen LogP contribution >= 0.6 is 11.8 Å². The summed E-state index contributed by atoms with van der Waals surface area (Å²) in [5.41, 5.74) is 0.773. The van der Waals surface area contributed by atoms with Crippen molar-refractivity contribution in [3.05, 3.63) is 36.7 Å². The number of thioether (sulfide) groups is 1. The molecule has 1 aromatic heterocycles. The molecular weight excluding hydrogens is 272 g/mol. The van der Waals surface area contributed by atoms with E-state index in [0.717, 1.165) is 10.9 Å². The van der Waals surface area contributed by atoms with E-state index in [1.807, 2.05) is 49.0 Å². The van der Waals surface area contributed by atoms with Crippen molar-refractivity contribution >= 4 is 29.2 Å². The molecule has 0 saturated carbocycles. The Morgan fingerprint density at radius 3 is 2.95 bits per heavy atom. The van der Waals surface area contributed by atoms with E-state index in [4.69, 9.17) is 0 Å². The van der Waals surface area contributed by atoms with Crippen molar-refractivity contribution in [3.8, 4) is 0 Å². The number of allylic oxidation sites excluding steroid dienone is 3. The Morgan fingerprint density at radius 2 is 2.20 bits per heavy atom. The van der Waals surface area contributed by atoms with Gasteiger partial charge in [0.15, 0.2) is 5.16 Å². The van der Waals surface area contributed by atoms with Gasteiger partial charge in [0.1, 0.15) is 11.8 Å². The lowest BCUT2D eigenvalue weighted by Crippen LogP contribution is -2.30. The summed E-state index contributed by atoms with van der Waals surface area (Å²) in [5.74, 6) is 0.112. The molecule has 3 rings (SSSR count). The third-order valence-electron chi connectivity index (χ3n) is 3.16. The number of aliphatic imine (C=N–C) groups is 2. The lowest BCUT2D eigenvalue weighted by atomic mass is 9.96. The molecule has 2 aliphatic rings. The first-order valence-corrected chi connectivity index (χ1v) is 7.23. The number of nitrogens with zero attached hydrogens (tertiary/aromatic N) is 4. The van der Waals surface area contributed by atoms with Crippen LogP contribution in [0.4, 0.5) is 0 Å². The highest BCUT2D eigenvalue weighted by molar-refractivity contribution is 8.00. The number of carbonyl (C=O) groups is 1. The molecule has 0 radical (unpaired) electrons. The third kappa shape index (κ3) is 2.38. The predicted molar refractivity (Wildman–Crippen MR) is 80.2 cm³/mol. The van der Waals surface area contributed by atoms with Crippen molar-refractivity contribution in [2.24, 2.45) is 23.0 Å². The molecule has 1 amide bonds. The molecule has 2 unspecified atom stereocenters. The highest BCUT2D eigenvalue weighted by atomic mass is 32.2. The summed E-state index contributed by atoms with van der Waals surface area (Å²) < 4.78 is 1.94. The van der Waals surface area contributed by atoms with Gasteiger partial charge in [-0.25, -0.2) is 9.98 Å². The van der Waals surface area contributed by atoms with Crippen molar-refractivity contribution in [3.63, 3.8) is 0 Å². The molecule has 0 spiro atoms. The molecule has 102 valence electrons. The number of rotatable bonds is 3. The molecule has 0 fully saturated rings. The van der Waals surface area contributed by atoms with Gasteiger partial charge in [-0.05, 0) is 13.0 Å². The first-order valence-electron chi connectivity index (χ1n) is 6.35. The average molecular weight is 286 g/mol. The van der Waals surface area contributed by atoms with Crippen LogP contribution in [0.25, 0.3) is 0 Å². The van der Waals surface area contributed by atoms with E-state index in [0.29, 0.717) is 5.84 Å². The summed E-state index contributed by atoms with van der Waals surface area (Å²) in [6, 6.07) is 0. The average Bonchev–Trinajstić information content (AvgIpc) is 2.84. The lowest BCUT2D eigenvalue weighted by Gasteiger charge is -2.20. The van der Waals surface area contributed by atoms with E-state index in [1.165, 1.54) is 0 Å². The smallest absolute Gasteiger partial charge is 0.260 e. The van der Waals surface area contributed by atoms with Crippen molar-refractivity contribution in [2.45, 2.75) is 17.3 Å². The van der Waals surface area contributed by atoms with Crippen LogP contribution in [-0.2, 0) is 11.8 Å². The highest BCUT2D eigenvalue weighted by Crippen LogP contribution is 2.25. The van der Waals surface area contributed by atoms with E-state index in [-0.39, 0.29) is 17.1 Å². The molecule has 0 N–H and O–H groups in total. The fraction of sp³-hybridized carbons (Fsp3) is 0.286. The van der Waals surface area contributed by atoms with Crippen LogP contribution in [0.15, 0.2) is 51.8 Å². The quantitative estimate of drug-likeness (QED) is 0.799. The highest BCUT2D eigenvalue weighted by Gasteiger charge is 2.28. The standard InChI is InChI=1S/C14H14N4OS/c1-9(20-14-15-7-8-18(14)2)12-16-11-6-4-3-5-10(11)13(19)17-12/h3-10H,1-2H3. The SMILES string of the molecule is CC(Sc1nccn1C)C1=NC(=O)C2C=CC=CC2=N1. The maximum Gasteiger partial charge on any atom is 0.260 e. The minimum atomic E-state index is -0.311. The number of imidazole rings is 1. The zero-order valence-electron chi connectivity index (χ0n) is 11.2. The van der Waals surface area contributed by atoms with Crippen molar-refractivity contribution in [1.29, 1.82) is 0 Å². The molecule has 6 heteroatoms. The van der Waals surface area contributed by atoms with Gasteiger partial charge in [0.2, 0.25) is 0 Å². The van der Waals surface area contributed by atoms with Crippen molar-refractivity contribution in [2.75, 3.05) is 0 Å². The van der Waals surface area contributed by atoms with Crippen LogP contribution in [0, 0.1) is 5.92 Å². The summed E-state index contributed by atoms with van der Waals surface area (Å²) in [7, 11) is 1.94. The van der Waals surface area contributed by atoms with Crippen LogP contribution in [0.5, 0.6) is 0 Å². The van der Waals surface area contributed by atoms with Gasteiger partial charge < -0.3 is 4.57 Å². The zero-order valence-corrected chi connectivity index (χ0v) is 12.0. The Hall–Kier alpha value is -1.95. The van der Waals surface area contributed by atoms with Crippen LogP contribution in [-0.4, -0.2) is 32.3 Å². The molecule has 0 aromatic carbocycles. The number of fused-ring (bicyclic) bond motifs is 1. The summed E-state index contributed by atoms with van der Waals surface area (Å²) in [6.07, 6.45) is 11.1. The molecule has 2 atom stereocenters. The van der Waals surface area contributed by atoms with Gasteiger partial charge in [0.05, 0.1) is 11.0 Å². The maximum absolute atomic E-state index is 12.0. The number of aryl methyl sites for hydroxylation is 1. The molecule has 20 heavy (non-hydrogen) atoms. The number of amidine groups is 1. The maximum atomic E-state index is 12.0. The Balaban J connectivity index is 1.82.